The molecule has 0 amide bonds. The predicted octanol–water partition coefficient (Wildman–Crippen LogP) is 4.88. The summed E-state index contributed by atoms with van der Waals surface area (Å²) in [6.45, 7) is 3.41. The lowest BCUT2D eigenvalue weighted by molar-refractivity contribution is 0.375. The Morgan fingerprint density at radius 1 is 1.26 bits per heavy atom. The number of thioether (sulfide) groups is 1. The van der Waals surface area contributed by atoms with Crippen LogP contribution in [0.25, 0.3) is 0 Å². The van der Waals surface area contributed by atoms with E-state index in [-0.39, 0.29) is 0 Å². The van der Waals surface area contributed by atoms with Crippen LogP contribution in [-0.4, -0.2) is 17.8 Å². The van der Waals surface area contributed by atoms with Crippen LogP contribution >= 0.6 is 23.4 Å². The van der Waals surface area contributed by atoms with Crippen LogP contribution in [0.2, 0.25) is 5.02 Å². The molecule has 0 bridgehead atoms. The molecule has 1 N–H and O–H groups in total. The lowest BCUT2D eigenvalue weighted by Crippen LogP contribution is -2.35. The van der Waals surface area contributed by atoms with Gasteiger partial charge in [-0.15, -0.1) is 0 Å². The van der Waals surface area contributed by atoms with Gasteiger partial charge < -0.3 is 5.32 Å². The topological polar surface area (TPSA) is 12.0 Å². The van der Waals surface area contributed by atoms with Gasteiger partial charge in [0, 0.05) is 28.6 Å². The molecular formula is C16H24ClNS. The minimum Gasteiger partial charge on any atom is -0.313 e. The van der Waals surface area contributed by atoms with E-state index in [1.54, 1.807) is 0 Å². The molecule has 1 saturated carbocycles. The number of nitrogens with one attached hydrogen (secondary N) is 1. The van der Waals surface area contributed by atoms with Crippen LogP contribution < -0.4 is 5.32 Å². The van der Waals surface area contributed by atoms with Crippen molar-refractivity contribution in [2.24, 2.45) is 0 Å². The molecule has 0 aromatic heterocycles. The molecule has 1 aromatic rings. The molecule has 0 saturated heterocycles. The van der Waals surface area contributed by atoms with Crippen LogP contribution in [0.4, 0.5) is 0 Å². The summed E-state index contributed by atoms with van der Waals surface area (Å²) in [5.41, 5.74) is 1.25. The number of hydrogen-bond acceptors (Lipinski definition) is 2. The maximum atomic E-state index is 6.18. The average Bonchev–Trinajstić information content (AvgIpc) is 2.45. The Labute approximate surface area is 126 Å². The van der Waals surface area contributed by atoms with E-state index in [1.165, 1.54) is 37.7 Å². The molecule has 0 spiro atoms. The Morgan fingerprint density at radius 2 is 2.00 bits per heavy atom. The molecule has 0 aliphatic heterocycles. The van der Waals surface area contributed by atoms with E-state index in [0.717, 1.165) is 23.4 Å². The highest BCUT2D eigenvalue weighted by Gasteiger charge is 2.13. The number of hydrogen-bond donors (Lipinski definition) is 1. The summed E-state index contributed by atoms with van der Waals surface area (Å²) >= 11 is 8.16. The molecule has 3 heteroatoms. The quantitative estimate of drug-likeness (QED) is 0.803. The molecule has 1 atom stereocenters. The van der Waals surface area contributed by atoms with Gasteiger partial charge in [-0.1, -0.05) is 56.0 Å². The van der Waals surface area contributed by atoms with Gasteiger partial charge in [0.1, 0.15) is 0 Å². The lowest BCUT2D eigenvalue weighted by Gasteiger charge is -2.24. The Balaban J connectivity index is 1.66. The van der Waals surface area contributed by atoms with Crippen molar-refractivity contribution in [3.8, 4) is 0 Å². The number of halogens is 1. The van der Waals surface area contributed by atoms with Gasteiger partial charge in [0.2, 0.25) is 0 Å². The first-order valence-corrected chi connectivity index (χ1v) is 8.77. The molecule has 2 rings (SSSR count). The summed E-state index contributed by atoms with van der Waals surface area (Å²) in [6, 6.07) is 8.91. The Kier molecular flexibility index (Phi) is 6.55. The first kappa shape index (κ1) is 15.2. The number of benzene rings is 1. The summed E-state index contributed by atoms with van der Waals surface area (Å²) in [7, 11) is 0. The summed E-state index contributed by atoms with van der Waals surface area (Å²) in [4.78, 5) is 0. The van der Waals surface area contributed by atoms with Crippen LogP contribution in [0.15, 0.2) is 24.3 Å². The lowest BCUT2D eigenvalue weighted by atomic mass is 9.95. The van der Waals surface area contributed by atoms with E-state index in [2.05, 4.69) is 24.4 Å². The highest BCUT2D eigenvalue weighted by molar-refractivity contribution is 7.99. The van der Waals surface area contributed by atoms with Crippen molar-refractivity contribution in [1.82, 2.24) is 5.32 Å². The van der Waals surface area contributed by atoms with Crippen molar-refractivity contribution in [3.63, 3.8) is 0 Å². The second-order valence-electron chi connectivity index (χ2n) is 5.46. The zero-order chi connectivity index (χ0) is 13.5. The molecule has 1 unspecified atom stereocenters. The molecule has 0 radical (unpaired) electrons. The molecule has 1 aromatic carbocycles. The summed E-state index contributed by atoms with van der Waals surface area (Å²) < 4.78 is 0. The maximum absolute atomic E-state index is 6.18. The Hall–Kier alpha value is -0.180. The summed E-state index contributed by atoms with van der Waals surface area (Å²) in [5, 5.41) is 5.25. The second kappa shape index (κ2) is 8.18. The van der Waals surface area contributed by atoms with Gasteiger partial charge >= 0.3 is 0 Å². The van der Waals surface area contributed by atoms with Crippen molar-refractivity contribution >= 4 is 23.4 Å². The van der Waals surface area contributed by atoms with Gasteiger partial charge in [-0.25, -0.2) is 0 Å². The third kappa shape index (κ3) is 5.37. The number of rotatable bonds is 6. The maximum Gasteiger partial charge on any atom is 0.0446 e. The third-order valence-corrected chi connectivity index (χ3v) is 5.36. The fourth-order valence-electron chi connectivity index (χ4n) is 2.55. The molecule has 0 heterocycles. The van der Waals surface area contributed by atoms with Gasteiger partial charge in [0.15, 0.2) is 0 Å². The average molecular weight is 298 g/mol. The molecule has 1 aliphatic rings. The van der Waals surface area contributed by atoms with Crippen molar-refractivity contribution in [2.75, 3.05) is 6.54 Å². The molecular weight excluding hydrogens is 274 g/mol. The molecule has 1 aliphatic carbocycles. The van der Waals surface area contributed by atoms with Crippen molar-refractivity contribution in [1.29, 1.82) is 0 Å². The zero-order valence-electron chi connectivity index (χ0n) is 11.7. The first-order valence-electron chi connectivity index (χ1n) is 7.34. The smallest absolute Gasteiger partial charge is 0.0446 e. The minimum atomic E-state index is 0.637. The molecule has 1 nitrogen and oxygen atoms in total. The van der Waals surface area contributed by atoms with E-state index in [1.807, 2.05) is 23.9 Å². The van der Waals surface area contributed by atoms with Gasteiger partial charge in [0.05, 0.1) is 0 Å². The second-order valence-corrected chi connectivity index (χ2v) is 7.29. The van der Waals surface area contributed by atoms with E-state index >= 15 is 0 Å². The van der Waals surface area contributed by atoms with Crippen LogP contribution in [-0.2, 0) is 5.75 Å². The monoisotopic (exact) mass is 297 g/mol. The van der Waals surface area contributed by atoms with E-state index in [0.29, 0.717) is 5.25 Å². The highest BCUT2D eigenvalue weighted by Crippen LogP contribution is 2.24. The van der Waals surface area contributed by atoms with Gasteiger partial charge in [-0.2, -0.15) is 11.8 Å². The van der Waals surface area contributed by atoms with Crippen molar-refractivity contribution < 1.29 is 0 Å². The van der Waals surface area contributed by atoms with Crippen LogP contribution in [0.1, 0.15) is 44.6 Å². The summed E-state index contributed by atoms with van der Waals surface area (Å²) in [5.74, 6) is 1.01. The fourth-order valence-corrected chi connectivity index (χ4v) is 3.76. The first-order chi connectivity index (χ1) is 9.25. The minimum absolute atomic E-state index is 0.637. The Bertz CT molecular complexity index is 377. The largest absolute Gasteiger partial charge is 0.313 e. The molecule has 19 heavy (non-hydrogen) atoms. The van der Waals surface area contributed by atoms with Crippen molar-refractivity contribution in [2.45, 2.75) is 56.1 Å². The van der Waals surface area contributed by atoms with Crippen LogP contribution in [0.3, 0.4) is 0 Å². The van der Waals surface area contributed by atoms with E-state index in [9.17, 15) is 0 Å². The summed E-state index contributed by atoms with van der Waals surface area (Å²) in [6.07, 6.45) is 6.95. The molecule has 1 fully saturated rings. The van der Waals surface area contributed by atoms with Gasteiger partial charge in [-0.05, 0) is 24.5 Å². The van der Waals surface area contributed by atoms with Gasteiger partial charge in [-0.3, -0.25) is 0 Å². The Morgan fingerprint density at radius 3 is 2.74 bits per heavy atom. The highest BCUT2D eigenvalue weighted by atomic mass is 35.5. The SMILES string of the molecule is CC(CNC1CCCCC1)SCc1ccccc1Cl. The standard InChI is InChI=1S/C16H24ClNS/c1-13(11-18-15-8-3-2-4-9-15)19-12-14-7-5-6-10-16(14)17/h5-7,10,13,15,18H,2-4,8-9,11-12H2,1H3. The van der Waals surface area contributed by atoms with Crippen LogP contribution in [0.5, 0.6) is 0 Å². The van der Waals surface area contributed by atoms with Crippen molar-refractivity contribution in [3.05, 3.63) is 34.9 Å². The zero-order valence-corrected chi connectivity index (χ0v) is 13.3. The predicted molar refractivity (Wildman–Crippen MR) is 87.1 cm³/mol. The fraction of sp³-hybridized carbons (Fsp3) is 0.625. The molecule has 106 valence electrons. The normalized spacial score (nSPS) is 18.4. The third-order valence-electron chi connectivity index (χ3n) is 3.78. The van der Waals surface area contributed by atoms with E-state index in [4.69, 9.17) is 11.6 Å². The van der Waals surface area contributed by atoms with Crippen LogP contribution in [0, 0.1) is 0 Å². The van der Waals surface area contributed by atoms with E-state index < -0.39 is 0 Å². The van der Waals surface area contributed by atoms with Gasteiger partial charge in [0.25, 0.3) is 0 Å².